The van der Waals surface area contributed by atoms with Crippen molar-refractivity contribution in [2.75, 3.05) is 19.3 Å². The lowest BCUT2D eigenvalue weighted by Crippen LogP contribution is -2.46. The van der Waals surface area contributed by atoms with E-state index >= 15 is 0 Å². The minimum Gasteiger partial charge on any atom is -0.374 e. The Morgan fingerprint density at radius 3 is 2.79 bits per heavy atom. The van der Waals surface area contributed by atoms with Crippen LogP contribution in [0.2, 0.25) is 0 Å². The molecule has 1 aliphatic rings. The van der Waals surface area contributed by atoms with Crippen molar-refractivity contribution < 1.29 is 8.42 Å². The number of allylic oxidation sites excluding steroid dienone is 2. The van der Waals surface area contributed by atoms with Gasteiger partial charge < -0.3 is 4.90 Å². The number of nitrogens with zero attached hydrogens (tertiary/aromatic N) is 2. The van der Waals surface area contributed by atoms with Crippen molar-refractivity contribution in [2.24, 2.45) is 0 Å². The van der Waals surface area contributed by atoms with Gasteiger partial charge in [0.2, 0.25) is 10.0 Å². The zero-order valence-corrected chi connectivity index (χ0v) is 12.5. The molecule has 1 N–H and O–H groups in total. The summed E-state index contributed by atoms with van der Waals surface area (Å²) < 4.78 is 25.5. The van der Waals surface area contributed by atoms with Crippen LogP contribution in [0.25, 0.3) is 0 Å². The standard InChI is InChI=1S/C13H21N3O2S/c1-4-16(10-6-9-14)12-7-5-8-13(2,11-12)15-19(3,17)18/h5,7-8,15H,4,6,10-11H2,1-3H3. The summed E-state index contributed by atoms with van der Waals surface area (Å²) in [7, 11) is -3.25. The Bertz CT molecular complexity index is 516. The van der Waals surface area contributed by atoms with Crippen molar-refractivity contribution >= 4 is 10.0 Å². The Hall–Kier alpha value is -1.32. The maximum absolute atomic E-state index is 11.4. The first-order valence-corrected chi connectivity index (χ1v) is 8.18. The summed E-state index contributed by atoms with van der Waals surface area (Å²) in [5, 5.41) is 8.66. The van der Waals surface area contributed by atoms with Gasteiger partial charge in [-0.25, -0.2) is 13.1 Å². The lowest BCUT2D eigenvalue weighted by Gasteiger charge is -2.35. The first kappa shape index (κ1) is 15.7. The Balaban J connectivity index is 2.81. The van der Waals surface area contributed by atoms with Gasteiger partial charge in [-0.2, -0.15) is 5.26 Å². The highest BCUT2D eigenvalue weighted by Gasteiger charge is 2.29. The van der Waals surface area contributed by atoms with Gasteiger partial charge in [0.15, 0.2) is 0 Å². The van der Waals surface area contributed by atoms with E-state index in [1.54, 1.807) is 0 Å². The first-order valence-electron chi connectivity index (χ1n) is 6.29. The Labute approximate surface area is 115 Å². The number of hydrogen-bond donors (Lipinski definition) is 1. The van der Waals surface area contributed by atoms with Gasteiger partial charge in [0.05, 0.1) is 24.3 Å². The van der Waals surface area contributed by atoms with Crippen molar-refractivity contribution in [1.29, 1.82) is 5.26 Å². The molecular formula is C13H21N3O2S. The number of rotatable bonds is 6. The Morgan fingerprint density at radius 1 is 1.58 bits per heavy atom. The van der Waals surface area contributed by atoms with Crippen molar-refractivity contribution in [3.05, 3.63) is 23.9 Å². The van der Waals surface area contributed by atoms with Gasteiger partial charge in [-0.3, -0.25) is 0 Å². The van der Waals surface area contributed by atoms with E-state index in [-0.39, 0.29) is 0 Å². The van der Waals surface area contributed by atoms with Crippen molar-refractivity contribution in [2.45, 2.75) is 32.2 Å². The van der Waals surface area contributed by atoms with Crippen LogP contribution in [0.5, 0.6) is 0 Å². The van der Waals surface area contributed by atoms with Gasteiger partial charge in [-0.1, -0.05) is 12.2 Å². The molecule has 5 nitrogen and oxygen atoms in total. The largest absolute Gasteiger partial charge is 0.374 e. The quantitative estimate of drug-likeness (QED) is 0.799. The number of nitriles is 1. The SMILES string of the molecule is CCN(CCC#N)C1=CC=CC(C)(NS(C)(=O)=O)C1. The molecule has 0 bridgehead atoms. The molecule has 0 fully saturated rings. The molecule has 0 radical (unpaired) electrons. The van der Waals surface area contributed by atoms with E-state index in [2.05, 4.69) is 15.7 Å². The molecule has 0 amide bonds. The summed E-state index contributed by atoms with van der Waals surface area (Å²) in [6.45, 7) is 5.35. The number of nitrogens with one attached hydrogen (secondary N) is 1. The first-order chi connectivity index (χ1) is 8.79. The highest BCUT2D eigenvalue weighted by Crippen LogP contribution is 2.25. The van der Waals surface area contributed by atoms with Crippen molar-refractivity contribution in [1.82, 2.24) is 9.62 Å². The van der Waals surface area contributed by atoms with E-state index in [1.165, 1.54) is 0 Å². The molecule has 19 heavy (non-hydrogen) atoms. The summed E-state index contributed by atoms with van der Waals surface area (Å²) >= 11 is 0. The van der Waals surface area contributed by atoms with E-state index in [0.29, 0.717) is 19.4 Å². The summed E-state index contributed by atoms with van der Waals surface area (Å²) in [5.41, 5.74) is 0.455. The van der Waals surface area contributed by atoms with Crippen LogP contribution in [0.4, 0.5) is 0 Å². The normalized spacial score (nSPS) is 22.7. The number of sulfonamides is 1. The molecule has 106 valence electrons. The molecule has 1 unspecified atom stereocenters. The third kappa shape index (κ3) is 5.05. The summed E-state index contributed by atoms with van der Waals surface area (Å²) in [5.74, 6) is 0. The maximum Gasteiger partial charge on any atom is 0.209 e. The van der Waals surface area contributed by atoms with Crippen LogP contribution in [0, 0.1) is 11.3 Å². The van der Waals surface area contributed by atoms with Crippen LogP contribution >= 0.6 is 0 Å². The van der Waals surface area contributed by atoms with Crippen molar-refractivity contribution in [3.8, 4) is 6.07 Å². The molecule has 0 aromatic carbocycles. The number of hydrogen-bond acceptors (Lipinski definition) is 4. The molecule has 0 spiro atoms. The lowest BCUT2D eigenvalue weighted by atomic mass is 9.92. The van der Waals surface area contributed by atoms with Gasteiger partial charge >= 0.3 is 0 Å². The second-order valence-electron chi connectivity index (χ2n) is 4.97. The maximum atomic E-state index is 11.4. The molecule has 0 aromatic rings. The fourth-order valence-corrected chi connectivity index (χ4v) is 3.25. The molecule has 1 aliphatic carbocycles. The molecule has 0 heterocycles. The average molecular weight is 283 g/mol. The predicted octanol–water partition coefficient (Wildman–Crippen LogP) is 1.37. The van der Waals surface area contributed by atoms with E-state index in [9.17, 15) is 8.42 Å². The fraction of sp³-hybridized carbons (Fsp3) is 0.615. The molecule has 1 atom stereocenters. The van der Waals surface area contributed by atoms with Crippen LogP contribution in [0.3, 0.4) is 0 Å². The molecule has 0 aliphatic heterocycles. The van der Waals surface area contributed by atoms with Crippen LogP contribution in [-0.2, 0) is 10.0 Å². The van der Waals surface area contributed by atoms with Crippen LogP contribution < -0.4 is 4.72 Å². The lowest BCUT2D eigenvalue weighted by molar-refractivity contribution is 0.330. The third-order valence-electron chi connectivity index (χ3n) is 3.00. The topological polar surface area (TPSA) is 73.2 Å². The highest BCUT2D eigenvalue weighted by atomic mass is 32.2. The van der Waals surface area contributed by atoms with E-state index in [1.807, 2.05) is 32.1 Å². The molecule has 1 rings (SSSR count). The fourth-order valence-electron chi connectivity index (χ4n) is 2.27. The zero-order chi connectivity index (χ0) is 14.5. The molecule has 0 saturated carbocycles. The smallest absolute Gasteiger partial charge is 0.209 e. The second kappa shape index (κ2) is 6.22. The summed E-state index contributed by atoms with van der Waals surface area (Å²) in [4.78, 5) is 2.11. The average Bonchev–Trinajstić information content (AvgIpc) is 2.27. The summed E-state index contributed by atoms with van der Waals surface area (Å²) in [6, 6.07) is 2.13. The van der Waals surface area contributed by atoms with Crippen molar-refractivity contribution in [3.63, 3.8) is 0 Å². The van der Waals surface area contributed by atoms with E-state index < -0.39 is 15.6 Å². The summed E-state index contributed by atoms with van der Waals surface area (Å²) in [6.07, 6.45) is 7.92. The zero-order valence-electron chi connectivity index (χ0n) is 11.7. The second-order valence-corrected chi connectivity index (χ2v) is 6.72. The predicted molar refractivity (Wildman–Crippen MR) is 75.7 cm³/mol. The monoisotopic (exact) mass is 283 g/mol. The molecule has 0 saturated heterocycles. The third-order valence-corrected chi connectivity index (χ3v) is 3.84. The Kier molecular flexibility index (Phi) is 5.15. The van der Waals surface area contributed by atoms with Gasteiger partial charge in [0.1, 0.15) is 0 Å². The van der Waals surface area contributed by atoms with Gasteiger partial charge in [-0.05, 0) is 19.9 Å². The molecule has 6 heteroatoms. The van der Waals surface area contributed by atoms with Gasteiger partial charge in [-0.15, -0.1) is 0 Å². The molecule has 0 aromatic heterocycles. The highest BCUT2D eigenvalue weighted by molar-refractivity contribution is 7.88. The van der Waals surface area contributed by atoms with Gasteiger partial charge in [0.25, 0.3) is 0 Å². The van der Waals surface area contributed by atoms with E-state index in [0.717, 1.165) is 18.5 Å². The van der Waals surface area contributed by atoms with E-state index in [4.69, 9.17) is 5.26 Å². The minimum atomic E-state index is -3.25. The van der Waals surface area contributed by atoms with Crippen LogP contribution in [-0.4, -0.2) is 38.2 Å². The molecular weight excluding hydrogens is 262 g/mol. The van der Waals surface area contributed by atoms with Crippen LogP contribution in [0.1, 0.15) is 26.7 Å². The minimum absolute atomic E-state index is 0.463. The van der Waals surface area contributed by atoms with Crippen LogP contribution in [0.15, 0.2) is 23.9 Å². The Morgan fingerprint density at radius 2 is 2.26 bits per heavy atom. The van der Waals surface area contributed by atoms with Gasteiger partial charge in [0, 0.05) is 25.2 Å².